The van der Waals surface area contributed by atoms with Crippen LogP contribution in [0.25, 0.3) is 22.2 Å². The number of ether oxygens (including phenoxy) is 1. The van der Waals surface area contributed by atoms with E-state index >= 15 is 0 Å². The molecule has 0 unspecified atom stereocenters. The van der Waals surface area contributed by atoms with Crippen molar-refractivity contribution < 1.29 is 4.74 Å². The molecule has 4 nitrogen and oxygen atoms in total. The van der Waals surface area contributed by atoms with E-state index in [1.165, 1.54) is 0 Å². The number of nitrogens with one attached hydrogen (secondary N) is 1. The van der Waals surface area contributed by atoms with E-state index in [1.54, 1.807) is 7.11 Å². The van der Waals surface area contributed by atoms with E-state index in [9.17, 15) is 0 Å². The van der Waals surface area contributed by atoms with E-state index in [0.717, 1.165) is 45.1 Å². The number of fused-ring (bicyclic) bond motifs is 1. The Hall–Kier alpha value is -3.40. The van der Waals surface area contributed by atoms with Gasteiger partial charge < -0.3 is 10.1 Å². The number of hydrogen-bond acceptors (Lipinski definition) is 4. The van der Waals surface area contributed by atoms with E-state index in [-0.39, 0.29) is 0 Å². The maximum atomic E-state index is 5.25. The molecular weight excluding hydrogens is 322 g/mol. The van der Waals surface area contributed by atoms with Crippen LogP contribution in [0, 0.1) is 6.92 Å². The molecule has 0 amide bonds. The quantitative estimate of drug-likeness (QED) is 0.543. The number of hydrogen-bond donors (Lipinski definition) is 1. The Morgan fingerprint density at radius 1 is 0.846 bits per heavy atom. The number of rotatable bonds is 4. The first-order valence-electron chi connectivity index (χ1n) is 8.48. The Morgan fingerprint density at radius 3 is 2.42 bits per heavy atom. The normalized spacial score (nSPS) is 10.7. The number of benzene rings is 2. The fourth-order valence-corrected chi connectivity index (χ4v) is 2.94. The van der Waals surface area contributed by atoms with Gasteiger partial charge in [-0.25, -0.2) is 9.97 Å². The van der Waals surface area contributed by atoms with Crippen LogP contribution in [-0.2, 0) is 0 Å². The third kappa shape index (κ3) is 3.22. The third-order valence-electron chi connectivity index (χ3n) is 4.25. The average Bonchev–Trinajstić information content (AvgIpc) is 2.68. The van der Waals surface area contributed by atoms with Crippen LogP contribution in [0.2, 0.25) is 0 Å². The second-order valence-corrected chi connectivity index (χ2v) is 6.09. The summed E-state index contributed by atoms with van der Waals surface area (Å²) in [6.45, 7) is 1.98. The van der Waals surface area contributed by atoms with Crippen LogP contribution in [-0.4, -0.2) is 17.1 Å². The van der Waals surface area contributed by atoms with Crippen LogP contribution < -0.4 is 10.1 Å². The first-order chi connectivity index (χ1) is 12.7. The molecule has 0 bridgehead atoms. The summed E-state index contributed by atoms with van der Waals surface area (Å²) in [5.41, 5.74) is 4.84. The minimum atomic E-state index is 0.821. The van der Waals surface area contributed by atoms with Gasteiger partial charge in [-0.3, -0.25) is 0 Å². The van der Waals surface area contributed by atoms with Gasteiger partial charge in [0.1, 0.15) is 11.6 Å². The number of aryl methyl sites for hydroxylation is 1. The van der Waals surface area contributed by atoms with Crippen molar-refractivity contribution in [2.24, 2.45) is 0 Å². The van der Waals surface area contributed by atoms with Gasteiger partial charge in [0.05, 0.1) is 24.0 Å². The zero-order chi connectivity index (χ0) is 17.9. The summed E-state index contributed by atoms with van der Waals surface area (Å²) in [4.78, 5) is 9.37. The molecule has 0 aliphatic rings. The molecule has 4 rings (SSSR count). The van der Waals surface area contributed by atoms with Crippen molar-refractivity contribution in [3.63, 3.8) is 0 Å². The number of anilines is 2. The Kier molecular flexibility index (Phi) is 4.23. The first-order valence-corrected chi connectivity index (χ1v) is 8.48. The molecule has 0 saturated carbocycles. The van der Waals surface area contributed by atoms with Gasteiger partial charge in [0.25, 0.3) is 0 Å². The van der Waals surface area contributed by atoms with E-state index in [2.05, 4.69) is 22.4 Å². The van der Waals surface area contributed by atoms with Gasteiger partial charge in [0.2, 0.25) is 0 Å². The molecule has 0 saturated heterocycles. The van der Waals surface area contributed by atoms with Crippen molar-refractivity contribution in [2.45, 2.75) is 6.92 Å². The number of nitrogens with zero attached hydrogens (tertiary/aromatic N) is 2. The summed E-state index contributed by atoms with van der Waals surface area (Å²) in [6.07, 6.45) is 0. The van der Waals surface area contributed by atoms with Gasteiger partial charge in [0, 0.05) is 16.6 Å². The molecule has 2 aromatic heterocycles. The fraction of sp³-hybridized carbons (Fsp3) is 0.0909. The first kappa shape index (κ1) is 16.1. The average molecular weight is 341 g/mol. The zero-order valence-electron chi connectivity index (χ0n) is 14.7. The van der Waals surface area contributed by atoms with E-state index < -0.39 is 0 Å². The Balaban J connectivity index is 1.82. The predicted molar refractivity (Wildman–Crippen MR) is 106 cm³/mol. The van der Waals surface area contributed by atoms with Gasteiger partial charge in [-0.2, -0.15) is 0 Å². The minimum absolute atomic E-state index is 0.821. The van der Waals surface area contributed by atoms with Crippen LogP contribution in [0.4, 0.5) is 11.5 Å². The number of methoxy groups -OCH3 is 1. The molecule has 0 aliphatic heterocycles. The van der Waals surface area contributed by atoms with Gasteiger partial charge in [0.15, 0.2) is 0 Å². The molecule has 1 N–H and O–H groups in total. The molecule has 2 aromatic carbocycles. The van der Waals surface area contributed by atoms with E-state index in [4.69, 9.17) is 9.72 Å². The minimum Gasteiger partial charge on any atom is -0.497 e. The zero-order valence-corrected chi connectivity index (χ0v) is 14.7. The lowest BCUT2D eigenvalue weighted by molar-refractivity contribution is 0.415. The lowest BCUT2D eigenvalue weighted by atomic mass is 10.1. The summed E-state index contributed by atoms with van der Waals surface area (Å²) in [7, 11) is 1.67. The van der Waals surface area contributed by atoms with Gasteiger partial charge in [-0.1, -0.05) is 24.3 Å². The number of aromatic nitrogens is 2. The van der Waals surface area contributed by atoms with Crippen LogP contribution in [0.1, 0.15) is 5.69 Å². The smallest absolute Gasteiger partial charge is 0.130 e. The molecule has 0 atom stereocenters. The fourth-order valence-electron chi connectivity index (χ4n) is 2.94. The highest BCUT2D eigenvalue weighted by molar-refractivity contribution is 5.95. The maximum Gasteiger partial charge on any atom is 0.130 e. The molecule has 0 radical (unpaired) electrons. The van der Waals surface area contributed by atoms with Crippen molar-refractivity contribution in [1.82, 2.24) is 9.97 Å². The largest absolute Gasteiger partial charge is 0.497 e. The predicted octanol–water partition coefficient (Wildman–Crippen LogP) is 5.36. The van der Waals surface area contributed by atoms with Crippen molar-refractivity contribution in [1.29, 1.82) is 0 Å². The van der Waals surface area contributed by atoms with Crippen LogP contribution >= 0.6 is 0 Å². The monoisotopic (exact) mass is 341 g/mol. The highest BCUT2D eigenvalue weighted by atomic mass is 16.5. The lowest BCUT2D eigenvalue weighted by Crippen LogP contribution is -1.97. The summed E-state index contributed by atoms with van der Waals surface area (Å²) >= 11 is 0. The number of pyridine rings is 2. The van der Waals surface area contributed by atoms with Crippen LogP contribution in [0.5, 0.6) is 5.75 Å². The molecule has 128 valence electrons. The summed E-state index contributed by atoms with van der Waals surface area (Å²) in [5.74, 6) is 1.65. The topological polar surface area (TPSA) is 47.0 Å². The molecule has 0 fully saturated rings. The van der Waals surface area contributed by atoms with Gasteiger partial charge in [-0.15, -0.1) is 0 Å². The standard InChI is InChI=1S/C22H19N3O/c1-15-6-5-9-22(23-15)25-21-14-20(16-10-12-17(26-2)13-11-16)24-19-8-4-3-7-18(19)21/h3-14H,1-2H3,(H,23,24,25). The molecule has 0 aliphatic carbocycles. The second kappa shape index (κ2) is 6.84. The summed E-state index contributed by atoms with van der Waals surface area (Å²) in [5, 5.41) is 4.51. The molecule has 0 spiro atoms. The van der Waals surface area contributed by atoms with Crippen molar-refractivity contribution in [3.05, 3.63) is 78.5 Å². The Morgan fingerprint density at radius 2 is 1.65 bits per heavy atom. The summed E-state index contributed by atoms with van der Waals surface area (Å²) < 4.78 is 5.25. The maximum absolute atomic E-state index is 5.25. The number of para-hydroxylation sites is 1. The van der Waals surface area contributed by atoms with E-state index in [0.29, 0.717) is 0 Å². The molecule has 4 aromatic rings. The highest BCUT2D eigenvalue weighted by Crippen LogP contribution is 2.30. The molecule has 4 heteroatoms. The Bertz CT molecular complexity index is 1060. The molecule has 26 heavy (non-hydrogen) atoms. The van der Waals surface area contributed by atoms with Gasteiger partial charge in [-0.05, 0) is 55.5 Å². The third-order valence-corrected chi connectivity index (χ3v) is 4.25. The second-order valence-electron chi connectivity index (χ2n) is 6.09. The van der Waals surface area contributed by atoms with Crippen molar-refractivity contribution >= 4 is 22.4 Å². The van der Waals surface area contributed by atoms with Crippen LogP contribution in [0.15, 0.2) is 72.8 Å². The summed E-state index contributed by atoms with van der Waals surface area (Å²) in [6, 6.07) is 24.1. The van der Waals surface area contributed by atoms with Crippen molar-refractivity contribution in [3.8, 4) is 17.0 Å². The van der Waals surface area contributed by atoms with Crippen molar-refractivity contribution in [2.75, 3.05) is 12.4 Å². The molecular formula is C22H19N3O. The van der Waals surface area contributed by atoms with Crippen LogP contribution in [0.3, 0.4) is 0 Å². The lowest BCUT2D eigenvalue weighted by Gasteiger charge is -2.12. The molecule has 2 heterocycles. The SMILES string of the molecule is COc1ccc(-c2cc(Nc3cccc(C)n3)c3ccccc3n2)cc1. The van der Waals surface area contributed by atoms with Gasteiger partial charge >= 0.3 is 0 Å². The highest BCUT2D eigenvalue weighted by Gasteiger charge is 2.09. The Labute approximate surface area is 152 Å². The van der Waals surface area contributed by atoms with E-state index in [1.807, 2.05) is 67.6 Å².